The molecule has 0 unspecified atom stereocenters. The van der Waals surface area contributed by atoms with Crippen LogP contribution in [0.4, 0.5) is 0 Å². The molecule has 0 aliphatic carbocycles. The molecule has 1 amide bonds. The van der Waals surface area contributed by atoms with Gasteiger partial charge in [0.2, 0.25) is 0 Å². The molecule has 0 aromatic carbocycles. The van der Waals surface area contributed by atoms with Gasteiger partial charge in [-0.15, -0.1) is 0 Å². The Bertz CT molecular complexity index is 389. The van der Waals surface area contributed by atoms with E-state index in [1.165, 1.54) is 0 Å². The average Bonchev–Trinajstić information content (AvgIpc) is 2.86. The topological polar surface area (TPSA) is 54.7 Å². The number of hydroxylamine groups is 1. The third-order valence-electron chi connectivity index (χ3n) is 3.22. The van der Waals surface area contributed by atoms with Crippen LogP contribution in [-0.2, 0) is 15.2 Å². The molecule has 5 heteroatoms. The molecular formula is C10H12N2O3. The highest BCUT2D eigenvalue weighted by Gasteiger charge is 2.59. The Morgan fingerprint density at radius 2 is 2.53 bits per heavy atom. The second-order valence-electron chi connectivity index (χ2n) is 4.08. The number of nitrogens with zero attached hydrogens (tertiary/aromatic N) is 1. The van der Waals surface area contributed by atoms with E-state index in [9.17, 15) is 4.79 Å². The van der Waals surface area contributed by atoms with Crippen molar-refractivity contribution < 1.29 is 14.0 Å². The van der Waals surface area contributed by atoms with Crippen molar-refractivity contribution in [1.82, 2.24) is 10.4 Å². The fraction of sp³-hybridized carbons (Fsp3) is 0.500. The number of carbonyl (C=O) groups is 1. The standard InChI is InChI=1S/C10H12N2O3/c1-12-5-7-6-15-11-10(7,9(12)13)8-3-2-4-14-8/h2-4,7,11H,5-6H2,1H3/t7-,10-/m0/s1. The zero-order valence-electron chi connectivity index (χ0n) is 8.40. The monoisotopic (exact) mass is 208 g/mol. The lowest BCUT2D eigenvalue weighted by molar-refractivity contribution is -0.136. The zero-order chi connectivity index (χ0) is 10.5. The highest BCUT2D eigenvalue weighted by Crippen LogP contribution is 2.41. The van der Waals surface area contributed by atoms with Crippen LogP contribution in [0.5, 0.6) is 0 Å². The summed E-state index contributed by atoms with van der Waals surface area (Å²) in [6.45, 7) is 1.24. The number of likely N-dealkylation sites (N-methyl/N-ethyl adjacent to an activating group) is 1. The maximum absolute atomic E-state index is 12.1. The van der Waals surface area contributed by atoms with Crippen molar-refractivity contribution in [2.45, 2.75) is 5.54 Å². The van der Waals surface area contributed by atoms with Crippen molar-refractivity contribution in [3.63, 3.8) is 0 Å². The van der Waals surface area contributed by atoms with Gasteiger partial charge >= 0.3 is 0 Å². The second kappa shape index (κ2) is 2.84. The zero-order valence-corrected chi connectivity index (χ0v) is 8.40. The molecule has 3 rings (SSSR count). The van der Waals surface area contributed by atoms with E-state index in [-0.39, 0.29) is 11.8 Å². The van der Waals surface area contributed by atoms with Crippen LogP contribution >= 0.6 is 0 Å². The summed E-state index contributed by atoms with van der Waals surface area (Å²) in [5.41, 5.74) is 2.04. The number of hydrogen-bond donors (Lipinski definition) is 1. The lowest BCUT2D eigenvalue weighted by atomic mass is 9.86. The minimum atomic E-state index is -0.793. The van der Waals surface area contributed by atoms with Gasteiger partial charge < -0.3 is 9.32 Å². The molecule has 0 spiro atoms. The molecule has 2 aliphatic rings. The van der Waals surface area contributed by atoms with E-state index in [1.807, 2.05) is 6.07 Å². The molecule has 80 valence electrons. The van der Waals surface area contributed by atoms with Crippen LogP contribution in [0.1, 0.15) is 5.76 Å². The molecule has 15 heavy (non-hydrogen) atoms. The molecule has 2 fully saturated rings. The van der Waals surface area contributed by atoms with E-state index in [4.69, 9.17) is 9.25 Å². The van der Waals surface area contributed by atoms with E-state index in [1.54, 1.807) is 24.3 Å². The van der Waals surface area contributed by atoms with Gasteiger partial charge in [0.25, 0.3) is 5.91 Å². The molecule has 0 bridgehead atoms. The summed E-state index contributed by atoms with van der Waals surface area (Å²) in [5.74, 6) is 0.778. The number of likely N-dealkylation sites (tertiary alicyclic amines) is 1. The molecule has 0 saturated carbocycles. The summed E-state index contributed by atoms with van der Waals surface area (Å²) < 4.78 is 5.35. The quantitative estimate of drug-likeness (QED) is 0.711. The van der Waals surface area contributed by atoms with Crippen molar-refractivity contribution in [2.24, 2.45) is 5.92 Å². The van der Waals surface area contributed by atoms with E-state index in [0.717, 1.165) is 0 Å². The highest BCUT2D eigenvalue weighted by molar-refractivity contribution is 5.89. The van der Waals surface area contributed by atoms with Crippen LogP contribution < -0.4 is 5.48 Å². The molecule has 1 N–H and O–H groups in total. The first-order chi connectivity index (χ1) is 7.25. The Morgan fingerprint density at radius 1 is 1.67 bits per heavy atom. The van der Waals surface area contributed by atoms with E-state index >= 15 is 0 Å². The molecule has 5 nitrogen and oxygen atoms in total. The summed E-state index contributed by atoms with van der Waals surface area (Å²) in [6.07, 6.45) is 1.58. The SMILES string of the molecule is CN1C[C@H]2CON[C@@]2(c2ccco2)C1=O. The van der Waals surface area contributed by atoms with Gasteiger partial charge in [0, 0.05) is 19.5 Å². The largest absolute Gasteiger partial charge is 0.467 e. The lowest BCUT2D eigenvalue weighted by Gasteiger charge is -2.22. The van der Waals surface area contributed by atoms with Crippen LogP contribution in [0.25, 0.3) is 0 Å². The van der Waals surface area contributed by atoms with Crippen molar-refractivity contribution in [1.29, 1.82) is 0 Å². The summed E-state index contributed by atoms with van der Waals surface area (Å²) in [4.78, 5) is 19.0. The fourth-order valence-electron chi connectivity index (χ4n) is 2.45. The summed E-state index contributed by atoms with van der Waals surface area (Å²) in [7, 11) is 1.80. The number of fused-ring (bicyclic) bond motifs is 1. The summed E-state index contributed by atoms with van der Waals surface area (Å²) in [5, 5.41) is 0. The van der Waals surface area contributed by atoms with Crippen LogP contribution in [-0.4, -0.2) is 31.0 Å². The van der Waals surface area contributed by atoms with Gasteiger partial charge in [0.1, 0.15) is 5.76 Å². The van der Waals surface area contributed by atoms with E-state index < -0.39 is 5.54 Å². The molecular weight excluding hydrogens is 196 g/mol. The van der Waals surface area contributed by atoms with Crippen molar-refractivity contribution >= 4 is 5.91 Å². The number of furan rings is 1. The van der Waals surface area contributed by atoms with Crippen LogP contribution in [0.15, 0.2) is 22.8 Å². The van der Waals surface area contributed by atoms with Crippen LogP contribution in [0.3, 0.4) is 0 Å². The number of rotatable bonds is 1. The number of hydrogen-bond acceptors (Lipinski definition) is 4. The molecule has 1 aromatic heterocycles. The second-order valence-corrected chi connectivity index (χ2v) is 4.08. The number of nitrogens with one attached hydrogen (secondary N) is 1. The Kier molecular flexibility index (Phi) is 1.69. The Labute approximate surface area is 86.9 Å². The van der Waals surface area contributed by atoms with Crippen molar-refractivity contribution in [3.8, 4) is 0 Å². The maximum Gasteiger partial charge on any atom is 0.253 e. The van der Waals surface area contributed by atoms with Crippen molar-refractivity contribution in [2.75, 3.05) is 20.2 Å². The summed E-state index contributed by atoms with van der Waals surface area (Å²) >= 11 is 0. The Balaban J connectivity index is 2.11. The van der Waals surface area contributed by atoms with Crippen molar-refractivity contribution in [3.05, 3.63) is 24.2 Å². The van der Waals surface area contributed by atoms with E-state index in [2.05, 4.69) is 5.48 Å². The maximum atomic E-state index is 12.1. The highest BCUT2D eigenvalue weighted by atomic mass is 16.7. The van der Waals surface area contributed by atoms with Gasteiger partial charge in [-0.05, 0) is 12.1 Å². The van der Waals surface area contributed by atoms with Gasteiger partial charge in [0.15, 0.2) is 5.54 Å². The first-order valence-corrected chi connectivity index (χ1v) is 4.93. The number of carbonyl (C=O) groups excluding carboxylic acids is 1. The smallest absolute Gasteiger partial charge is 0.253 e. The third kappa shape index (κ3) is 0.965. The van der Waals surface area contributed by atoms with Gasteiger partial charge in [-0.1, -0.05) is 0 Å². The Morgan fingerprint density at radius 3 is 3.27 bits per heavy atom. The van der Waals surface area contributed by atoms with Gasteiger partial charge in [-0.3, -0.25) is 9.63 Å². The third-order valence-corrected chi connectivity index (χ3v) is 3.22. The lowest BCUT2D eigenvalue weighted by Crippen LogP contribution is -2.46. The molecule has 2 atom stereocenters. The average molecular weight is 208 g/mol. The number of amides is 1. The predicted octanol–water partition coefficient (Wildman–Crippen LogP) is 0.0979. The fourth-order valence-corrected chi connectivity index (χ4v) is 2.45. The van der Waals surface area contributed by atoms with E-state index in [0.29, 0.717) is 18.9 Å². The van der Waals surface area contributed by atoms with Gasteiger partial charge in [-0.2, -0.15) is 5.48 Å². The van der Waals surface area contributed by atoms with Crippen LogP contribution in [0.2, 0.25) is 0 Å². The Hall–Kier alpha value is -1.33. The predicted molar refractivity (Wildman–Crippen MR) is 50.6 cm³/mol. The van der Waals surface area contributed by atoms with Gasteiger partial charge in [-0.25, -0.2) is 0 Å². The molecule has 1 aromatic rings. The normalized spacial score (nSPS) is 34.9. The minimum Gasteiger partial charge on any atom is -0.467 e. The van der Waals surface area contributed by atoms with Crippen LogP contribution in [0, 0.1) is 5.92 Å². The first-order valence-electron chi connectivity index (χ1n) is 4.93. The summed E-state index contributed by atoms with van der Waals surface area (Å²) in [6, 6.07) is 3.60. The molecule has 2 aliphatic heterocycles. The molecule has 3 heterocycles. The first kappa shape index (κ1) is 8.94. The molecule has 2 saturated heterocycles. The minimum absolute atomic E-state index is 0.0138. The van der Waals surface area contributed by atoms with Gasteiger partial charge in [0.05, 0.1) is 12.9 Å². The molecule has 0 radical (unpaired) electrons.